The van der Waals surface area contributed by atoms with Gasteiger partial charge in [0.25, 0.3) is 0 Å². The van der Waals surface area contributed by atoms with Crippen LogP contribution >= 0.6 is 0 Å². The van der Waals surface area contributed by atoms with Gasteiger partial charge in [-0.25, -0.2) is 14.4 Å². The van der Waals surface area contributed by atoms with Gasteiger partial charge in [0, 0.05) is 11.8 Å². The highest BCUT2D eigenvalue weighted by Crippen LogP contribution is 2.43. The van der Waals surface area contributed by atoms with Crippen LogP contribution in [-0.2, 0) is 21.0 Å². The maximum Gasteiger partial charge on any atom is 0.345 e. The van der Waals surface area contributed by atoms with Crippen molar-refractivity contribution in [1.82, 2.24) is 19.7 Å². The van der Waals surface area contributed by atoms with Gasteiger partial charge < -0.3 is 15.4 Å². The third-order valence-corrected chi connectivity index (χ3v) is 4.65. The first-order valence-corrected chi connectivity index (χ1v) is 8.25. The third-order valence-electron chi connectivity index (χ3n) is 4.65. The number of fused-ring (bicyclic) bond motifs is 4. The fourth-order valence-corrected chi connectivity index (χ4v) is 3.38. The Bertz CT molecular complexity index is 912. The van der Waals surface area contributed by atoms with Crippen LogP contribution in [-0.4, -0.2) is 51.4 Å². The standard InChI is InChI=1S/C17H17N5O5/c1-26-15(23)14-13-11(7-21(19-13)16(18)24)12-8-20(14)17(25)22(12)27-9-10-5-3-2-4-6-10/h2-7,12,14H,8-9H2,1H3,(H2,18,24)/t12-,14+/m1/s1. The van der Waals surface area contributed by atoms with Gasteiger partial charge in [0.15, 0.2) is 6.04 Å². The van der Waals surface area contributed by atoms with Crippen LogP contribution in [0.4, 0.5) is 9.59 Å². The van der Waals surface area contributed by atoms with Crippen LogP contribution in [0.2, 0.25) is 0 Å². The number of urea groups is 1. The summed E-state index contributed by atoms with van der Waals surface area (Å²) in [6.45, 7) is 0.393. The number of nitrogens with two attached hydrogens (primary N) is 1. The molecule has 27 heavy (non-hydrogen) atoms. The fourth-order valence-electron chi connectivity index (χ4n) is 3.38. The van der Waals surface area contributed by atoms with Crippen molar-refractivity contribution in [2.75, 3.05) is 13.7 Å². The Kier molecular flexibility index (Phi) is 4.04. The van der Waals surface area contributed by atoms with Crippen LogP contribution in [0.5, 0.6) is 0 Å². The maximum absolute atomic E-state index is 12.8. The number of ether oxygens (including phenoxy) is 1. The minimum absolute atomic E-state index is 0.180. The molecule has 1 saturated heterocycles. The molecule has 140 valence electrons. The molecule has 2 aromatic rings. The van der Waals surface area contributed by atoms with E-state index in [2.05, 4.69) is 5.10 Å². The summed E-state index contributed by atoms with van der Waals surface area (Å²) in [6.07, 6.45) is 1.42. The zero-order chi connectivity index (χ0) is 19.1. The molecular weight excluding hydrogens is 354 g/mol. The topological polar surface area (TPSA) is 120 Å². The minimum Gasteiger partial charge on any atom is -0.467 e. The number of aromatic nitrogens is 2. The number of hydroxylamine groups is 2. The largest absolute Gasteiger partial charge is 0.467 e. The summed E-state index contributed by atoms with van der Waals surface area (Å²) in [6, 6.07) is 6.56. The van der Waals surface area contributed by atoms with Gasteiger partial charge in [0.1, 0.15) is 18.3 Å². The van der Waals surface area contributed by atoms with Crippen LogP contribution in [0.25, 0.3) is 0 Å². The van der Waals surface area contributed by atoms with E-state index in [4.69, 9.17) is 15.3 Å². The minimum atomic E-state index is -1.06. The second kappa shape index (κ2) is 6.40. The van der Waals surface area contributed by atoms with Crippen LogP contribution < -0.4 is 5.73 Å². The van der Waals surface area contributed by atoms with Crippen molar-refractivity contribution in [3.05, 3.63) is 53.3 Å². The van der Waals surface area contributed by atoms with E-state index >= 15 is 0 Å². The molecule has 10 nitrogen and oxygen atoms in total. The van der Waals surface area contributed by atoms with Crippen molar-refractivity contribution in [3.8, 4) is 0 Å². The highest BCUT2D eigenvalue weighted by atomic mass is 16.7. The SMILES string of the molecule is COC(=O)[C@@H]1c2nn(C(N)=O)cc2[C@H]2CN1C(=O)N2OCc1ccccc1. The predicted octanol–water partition coefficient (Wildman–Crippen LogP) is 0.948. The summed E-state index contributed by atoms with van der Waals surface area (Å²) in [7, 11) is 1.23. The van der Waals surface area contributed by atoms with E-state index in [0.717, 1.165) is 10.2 Å². The molecule has 0 aliphatic carbocycles. The van der Waals surface area contributed by atoms with Gasteiger partial charge in [-0.1, -0.05) is 30.3 Å². The van der Waals surface area contributed by atoms with Crippen molar-refractivity contribution >= 4 is 18.0 Å². The summed E-state index contributed by atoms with van der Waals surface area (Å²) in [5.41, 5.74) is 6.97. The van der Waals surface area contributed by atoms with Crippen LogP contribution in [0, 0.1) is 0 Å². The predicted molar refractivity (Wildman–Crippen MR) is 89.9 cm³/mol. The molecule has 1 aromatic carbocycles. The molecule has 2 N–H and O–H groups in total. The van der Waals surface area contributed by atoms with E-state index in [0.29, 0.717) is 5.56 Å². The molecule has 0 spiro atoms. The third kappa shape index (κ3) is 2.70. The zero-order valence-electron chi connectivity index (χ0n) is 14.4. The number of rotatable bonds is 4. The fraction of sp³-hybridized carbons (Fsp3) is 0.294. The molecule has 2 bridgehead atoms. The van der Waals surface area contributed by atoms with E-state index in [9.17, 15) is 14.4 Å². The molecule has 0 saturated carbocycles. The Morgan fingerprint density at radius 2 is 2.04 bits per heavy atom. The summed E-state index contributed by atoms with van der Waals surface area (Å²) in [5.74, 6) is -0.650. The van der Waals surface area contributed by atoms with Gasteiger partial charge in [-0.3, -0.25) is 4.84 Å². The quantitative estimate of drug-likeness (QED) is 0.799. The summed E-state index contributed by atoms with van der Waals surface area (Å²) in [5, 5.41) is 5.30. The lowest BCUT2D eigenvalue weighted by molar-refractivity contribution is -0.146. The number of methoxy groups -OCH3 is 1. The molecule has 2 atom stereocenters. The number of hydrogen-bond acceptors (Lipinski definition) is 6. The zero-order valence-corrected chi connectivity index (χ0v) is 14.4. The van der Waals surface area contributed by atoms with Gasteiger partial charge in [0.2, 0.25) is 0 Å². The Hall–Kier alpha value is -3.40. The van der Waals surface area contributed by atoms with E-state index in [1.807, 2.05) is 30.3 Å². The first-order chi connectivity index (χ1) is 13.0. The lowest BCUT2D eigenvalue weighted by Gasteiger charge is -2.27. The number of carbonyl (C=O) groups excluding carboxylic acids is 3. The Balaban J connectivity index is 1.68. The normalized spacial score (nSPS) is 20.6. The van der Waals surface area contributed by atoms with Gasteiger partial charge >= 0.3 is 18.0 Å². The molecular formula is C17H17N5O5. The van der Waals surface area contributed by atoms with Gasteiger partial charge in [-0.15, -0.1) is 0 Å². The molecule has 2 aliphatic heterocycles. The highest BCUT2D eigenvalue weighted by Gasteiger charge is 2.53. The van der Waals surface area contributed by atoms with Crippen molar-refractivity contribution < 1.29 is 24.0 Å². The molecule has 3 heterocycles. The van der Waals surface area contributed by atoms with Crippen LogP contribution in [0.1, 0.15) is 28.9 Å². The van der Waals surface area contributed by atoms with Gasteiger partial charge in [-0.2, -0.15) is 14.8 Å². The lowest BCUT2D eigenvalue weighted by atomic mass is 9.98. The Morgan fingerprint density at radius 3 is 2.70 bits per heavy atom. The smallest absolute Gasteiger partial charge is 0.345 e. The first kappa shape index (κ1) is 17.0. The van der Waals surface area contributed by atoms with Gasteiger partial charge in [-0.05, 0) is 5.56 Å². The Labute approximate surface area is 154 Å². The molecule has 3 amide bonds. The molecule has 1 fully saturated rings. The van der Waals surface area contributed by atoms with E-state index < -0.39 is 30.1 Å². The number of hydrogen-bond donors (Lipinski definition) is 1. The average molecular weight is 371 g/mol. The monoisotopic (exact) mass is 371 g/mol. The lowest BCUT2D eigenvalue weighted by Crippen LogP contribution is -2.39. The molecule has 2 aliphatic rings. The first-order valence-electron chi connectivity index (χ1n) is 8.25. The summed E-state index contributed by atoms with van der Waals surface area (Å²) in [4.78, 5) is 43.7. The van der Waals surface area contributed by atoms with Crippen molar-refractivity contribution in [1.29, 1.82) is 0 Å². The van der Waals surface area contributed by atoms with Crippen molar-refractivity contribution in [2.24, 2.45) is 5.73 Å². The second-order valence-electron chi connectivity index (χ2n) is 6.21. The molecule has 1 aromatic heterocycles. The van der Waals surface area contributed by atoms with Crippen molar-refractivity contribution in [3.63, 3.8) is 0 Å². The molecule has 10 heteroatoms. The van der Waals surface area contributed by atoms with E-state index in [1.165, 1.54) is 23.3 Å². The number of primary amides is 1. The number of benzene rings is 1. The summed E-state index contributed by atoms with van der Waals surface area (Å²) < 4.78 is 5.77. The second-order valence-corrected chi connectivity index (χ2v) is 6.21. The van der Waals surface area contributed by atoms with E-state index in [1.54, 1.807) is 0 Å². The van der Waals surface area contributed by atoms with Crippen LogP contribution in [0.3, 0.4) is 0 Å². The number of carbonyl (C=O) groups is 3. The number of amides is 3. The van der Waals surface area contributed by atoms with Crippen molar-refractivity contribution in [2.45, 2.75) is 18.7 Å². The number of esters is 1. The maximum atomic E-state index is 12.8. The Morgan fingerprint density at radius 1 is 1.30 bits per heavy atom. The molecule has 4 rings (SSSR count). The highest BCUT2D eigenvalue weighted by molar-refractivity contribution is 5.88. The van der Waals surface area contributed by atoms with Gasteiger partial charge in [0.05, 0.1) is 13.7 Å². The average Bonchev–Trinajstić information content (AvgIpc) is 3.23. The summed E-state index contributed by atoms with van der Waals surface area (Å²) >= 11 is 0. The van der Waals surface area contributed by atoms with Crippen LogP contribution in [0.15, 0.2) is 36.5 Å². The van der Waals surface area contributed by atoms with E-state index in [-0.39, 0.29) is 18.8 Å². The molecule has 0 radical (unpaired) electrons. The molecule has 0 unspecified atom stereocenters. The number of nitrogens with zero attached hydrogens (tertiary/aromatic N) is 4.